The molecule has 4 bridgehead atoms. The zero-order valence-electron chi connectivity index (χ0n) is 26.0. The first kappa shape index (κ1) is 31.8. The number of fused-ring (bicyclic) bond motifs is 4. The van der Waals surface area contributed by atoms with E-state index in [1.54, 1.807) is 15.8 Å². The van der Waals surface area contributed by atoms with Crippen molar-refractivity contribution in [1.29, 1.82) is 0 Å². The summed E-state index contributed by atoms with van der Waals surface area (Å²) in [5.74, 6) is -1.01. The summed E-state index contributed by atoms with van der Waals surface area (Å²) in [7, 11) is 0. The average molecular weight is 649 g/mol. The minimum absolute atomic E-state index is 0.0446. The van der Waals surface area contributed by atoms with Crippen molar-refractivity contribution in [2.24, 2.45) is 11.8 Å². The minimum Gasteiger partial charge on any atom is -0.378 e. The van der Waals surface area contributed by atoms with Crippen LogP contribution in [-0.2, 0) is 38.5 Å². The van der Waals surface area contributed by atoms with Gasteiger partial charge in [-0.15, -0.1) is 16.4 Å². The van der Waals surface area contributed by atoms with Gasteiger partial charge in [-0.05, 0) is 30.7 Å². The molecule has 0 aliphatic carbocycles. The number of aryl methyl sites for hydroxylation is 1. The summed E-state index contributed by atoms with van der Waals surface area (Å²) in [5, 5.41) is 15.2. The van der Waals surface area contributed by atoms with E-state index >= 15 is 0 Å². The smallest absolute Gasteiger partial charge is 0.265 e. The first-order chi connectivity index (χ1) is 22.3. The Morgan fingerprint density at radius 3 is 2.72 bits per heavy atom. The molecule has 0 radical (unpaired) electrons. The maximum absolute atomic E-state index is 13.6. The second-order valence-electron chi connectivity index (χ2n) is 12.2. The fourth-order valence-electron chi connectivity index (χ4n) is 6.44. The highest BCUT2D eigenvalue weighted by atomic mass is 32.1. The van der Waals surface area contributed by atoms with Gasteiger partial charge < -0.3 is 25.2 Å². The number of carbonyl (C=O) groups excluding carboxylic acids is 4. The summed E-state index contributed by atoms with van der Waals surface area (Å²) in [6.07, 6.45) is 3.42. The third-order valence-electron chi connectivity index (χ3n) is 8.94. The van der Waals surface area contributed by atoms with Crippen LogP contribution in [0.4, 0.5) is 0 Å². The Morgan fingerprint density at radius 2 is 1.91 bits per heavy atom. The lowest BCUT2D eigenvalue weighted by atomic mass is 9.80. The quantitative estimate of drug-likeness (QED) is 0.405. The number of piperidine rings is 1. The van der Waals surface area contributed by atoms with Gasteiger partial charge in [-0.25, -0.2) is 9.67 Å². The molecule has 14 heteroatoms. The molecule has 0 unspecified atom stereocenters. The van der Waals surface area contributed by atoms with E-state index < -0.39 is 6.04 Å². The fraction of sp³-hybridized carbons (Fsp3) is 0.531. The number of ether oxygens (including phenoxy) is 1. The van der Waals surface area contributed by atoms with Crippen LogP contribution in [-0.4, -0.2) is 105 Å². The lowest BCUT2D eigenvalue weighted by Gasteiger charge is -2.39. The molecule has 2 aromatic heterocycles. The van der Waals surface area contributed by atoms with Gasteiger partial charge in [0.05, 0.1) is 36.2 Å². The number of rotatable bonds is 6. The predicted molar refractivity (Wildman–Crippen MR) is 169 cm³/mol. The van der Waals surface area contributed by atoms with Crippen LogP contribution >= 0.6 is 11.3 Å². The van der Waals surface area contributed by atoms with Crippen molar-refractivity contribution in [3.8, 4) is 0 Å². The molecule has 3 aliphatic rings. The molecule has 6 rings (SSSR count). The van der Waals surface area contributed by atoms with Crippen molar-refractivity contribution in [1.82, 2.24) is 40.4 Å². The number of hydrogen-bond donors (Lipinski definition) is 2. The topological polar surface area (TPSA) is 152 Å². The number of hydrogen-bond acceptors (Lipinski definition) is 9. The Hall–Kier alpha value is -4.17. The lowest BCUT2D eigenvalue weighted by Crippen LogP contribution is -2.51. The summed E-state index contributed by atoms with van der Waals surface area (Å²) in [5.41, 5.74) is 2.32. The van der Waals surface area contributed by atoms with Gasteiger partial charge in [0.1, 0.15) is 10.9 Å². The fourth-order valence-corrected chi connectivity index (χ4v) is 7.47. The number of thiazole rings is 1. The van der Waals surface area contributed by atoms with E-state index in [0.717, 1.165) is 10.6 Å². The molecule has 3 aliphatic heterocycles. The van der Waals surface area contributed by atoms with E-state index in [1.807, 2.05) is 42.2 Å². The lowest BCUT2D eigenvalue weighted by molar-refractivity contribution is -0.137. The molecule has 4 amide bonds. The zero-order chi connectivity index (χ0) is 32.0. The van der Waals surface area contributed by atoms with Crippen LogP contribution in [0.3, 0.4) is 0 Å². The highest BCUT2D eigenvalue weighted by Gasteiger charge is 2.37. The largest absolute Gasteiger partial charge is 0.378 e. The van der Waals surface area contributed by atoms with Crippen molar-refractivity contribution >= 4 is 35.0 Å². The second kappa shape index (κ2) is 14.5. The summed E-state index contributed by atoms with van der Waals surface area (Å²) >= 11 is 1.35. The SMILES string of the molecule is Cc1nc2sc1C(=O)N1CC[C@@H](CC(=O)N3CCOCC3)[C@@H](CC(=O)N[C@H](Cc3cn(Cc4ccccc4)nn3)C(=O)NCC2)C1. The maximum Gasteiger partial charge on any atom is 0.265 e. The van der Waals surface area contributed by atoms with Gasteiger partial charge in [0, 0.05) is 64.6 Å². The number of carbonyl (C=O) groups is 4. The molecular formula is C32H40N8O5S. The van der Waals surface area contributed by atoms with Gasteiger partial charge in [-0.3, -0.25) is 19.2 Å². The third kappa shape index (κ3) is 7.79. The van der Waals surface area contributed by atoms with E-state index in [-0.39, 0.29) is 48.3 Å². The first-order valence-corrected chi connectivity index (χ1v) is 16.7. The van der Waals surface area contributed by atoms with Crippen LogP contribution in [0, 0.1) is 18.8 Å². The second-order valence-corrected chi connectivity index (χ2v) is 13.3. The van der Waals surface area contributed by atoms with Crippen molar-refractivity contribution in [3.63, 3.8) is 0 Å². The van der Waals surface area contributed by atoms with Crippen LogP contribution in [0.25, 0.3) is 0 Å². The van der Waals surface area contributed by atoms with Crippen LogP contribution < -0.4 is 10.6 Å². The number of nitrogens with one attached hydrogen (secondary N) is 2. The normalized spacial score (nSPS) is 22.9. The average Bonchev–Trinajstić information content (AvgIpc) is 3.66. The predicted octanol–water partition coefficient (Wildman–Crippen LogP) is 1.21. The third-order valence-corrected chi connectivity index (χ3v) is 10.1. The molecule has 244 valence electrons. The highest BCUT2D eigenvalue weighted by Crippen LogP contribution is 2.32. The van der Waals surface area contributed by atoms with Gasteiger partial charge in [-0.2, -0.15) is 0 Å². The van der Waals surface area contributed by atoms with Crippen molar-refractivity contribution in [3.05, 3.63) is 63.4 Å². The number of amides is 4. The Bertz CT molecular complexity index is 1550. The Kier molecular flexibility index (Phi) is 10.0. The van der Waals surface area contributed by atoms with Crippen molar-refractivity contribution in [2.75, 3.05) is 45.9 Å². The molecule has 0 saturated carbocycles. The van der Waals surface area contributed by atoms with Crippen molar-refractivity contribution in [2.45, 2.75) is 51.6 Å². The monoisotopic (exact) mass is 648 g/mol. The molecule has 1 aromatic carbocycles. The van der Waals surface area contributed by atoms with Crippen LogP contribution in [0.5, 0.6) is 0 Å². The summed E-state index contributed by atoms with van der Waals surface area (Å²) in [4.78, 5) is 62.8. The molecule has 46 heavy (non-hydrogen) atoms. The molecular weight excluding hydrogens is 608 g/mol. The summed E-state index contributed by atoms with van der Waals surface area (Å²) in [6.45, 7) is 5.68. The molecule has 2 saturated heterocycles. The molecule has 3 atom stereocenters. The molecule has 13 nitrogen and oxygen atoms in total. The maximum atomic E-state index is 13.6. The number of nitrogens with zero attached hydrogens (tertiary/aromatic N) is 6. The Labute approximate surface area is 271 Å². The van der Waals surface area contributed by atoms with Crippen LogP contribution in [0.15, 0.2) is 36.5 Å². The Balaban J connectivity index is 1.21. The van der Waals surface area contributed by atoms with Gasteiger partial charge in [-0.1, -0.05) is 35.5 Å². The number of morpholine rings is 1. The van der Waals surface area contributed by atoms with E-state index in [0.29, 0.717) is 88.0 Å². The van der Waals surface area contributed by atoms with Crippen LogP contribution in [0.2, 0.25) is 0 Å². The first-order valence-electron chi connectivity index (χ1n) is 15.9. The summed E-state index contributed by atoms with van der Waals surface area (Å²) < 4.78 is 7.12. The number of aromatic nitrogens is 4. The zero-order valence-corrected chi connectivity index (χ0v) is 26.8. The number of benzene rings is 1. The molecule has 2 fully saturated rings. The summed E-state index contributed by atoms with van der Waals surface area (Å²) in [6, 6.07) is 9.01. The highest BCUT2D eigenvalue weighted by molar-refractivity contribution is 7.13. The minimum atomic E-state index is -0.872. The van der Waals surface area contributed by atoms with E-state index in [4.69, 9.17) is 4.74 Å². The van der Waals surface area contributed by atoms with Gasteiger partial charge in [0.25, 0.3) is 5.91 Å². The molecule has 2 N–H and O–H groups in total. The van der Waals surface area contributed by atoms with E-state index in [9.17, 15) is 19.2 Å². The van der Waals surface area contributed by atoms with Gasteiger partial charge in [0.15, 0.2) is 0 Å². The molecule has 3 aromatic rings. The standard InChI is InChI=1S/C32H40N8O5S/c1-21-30-32(44)39-10-8-23(16-29(42)38-11-13-45-14-12-38)24(19-39)15-27(41)35-26(31(43)33-9-7-28(34-21)46-30)17-25-20-40(37-36-25)18-22-5-3-2-4-6-22/h2-6,20,23-24,26H,7-19H2,1H3,(H,33,43)(H,35,41)/t23-,24-,26+/m0/s1. The molecule has 5 heterocycles. The Morgan fingerprint density at radius 1 is 1.11 bits per heavy atom. The van der Waals surface area contributed by atoms with Gasteiger partial charge in [0.2, 0.25) is 17.7 Å². The van der Waals surface area contributed by atoms with Crippen molar-refractivity contribution < 1.29 is 23.9 Å². The van der Waals surface area contributed by atoms with Crippen LogP contribution in [0.1, 0.15) is 50.9 Å². The molecule has 0 spiro atoms. The van der Waals surface area contributed by atoms with E-state index in [2.05, 4.69) is 25.9 Å². The van der Waals surface area contributed by atoms with Gasteiger partial charge >= 0.3 is 0 Å². The van der Waals surface area contributed by atoms with E-state index in [1.165, 1.54) is 11.3 Å².